The molecule has 2 aromatic carbocycles. The molecule has 1 aliphatic heterocycles. The van der Waals surface area contributed by atoms with Gasteiger partial charge in [0.2, 0.25) is 0 Å². The van der Waals surface area contributed by atoms with Gasteiger partial charge in [-0.2, -0.15) is 0 Å². The maximum atomic E-state index is 13.5. The number of thioether (sulfide) groups is 1. The van der Waals surface area contributed by atoms with Crippen LogP contribution < -0.4 is 4.90 Å². The first-order valence-electron chi connectivity index (χ1n) is 8.92. The molecule has 0 spiro atoms. The lowest BCUT2D eigenvalue weighted by Crippen LogP contribution is -2.37. The van der Waals surface area contributed by atoms with Gasteiger partial charge in [-0.25, -0.2) is 12.8 Å². The molecule has 0 amide bonds. The molecule has 7 heteroatoms. The van der Waals surface area contributed by atoms with Crippen molar-refractivity contribution in [3.05, 3.63) is 42.2 Å². The Labute approximate surface area is 164 Å². The number of hydrogen-bond acceptors (Lipinski definition) is 5. The Morgan fingerprint density at radius 1 is 1.19 bits per heavy atom. The smallest absolute Gasteiger partial charge is 0.181 e. The number of phenols is 1. The van der Waals surface area contributed by atoms with Crippen molar-refractivity contribution in [3.63, 3.8) is 0 Å². The molecule has 0 aromatic heterocycles. The Hall–Kier alpha value is -1.73. The minimum absolute atomic E-state index is 0.0236. The van der Waals surface area contributed by atoms with Crippen molar-refractivity contribution < 1.29 is 17.9 Å². The van der Waals surface area contributed by atoms with E-state index in [1.165, 1.54) is 30.0 Å². The molecular formula is C20H24FNO3S2. The van der Waals surface area contributed by atoms with Crippen LogP contribution in [0.25, 0.3) is 0 Å². The number of anilines is 2. The van der Waals surface area contributed by atoms with Crippen molar-refractivity contribution in [2.75, 3.05) is 23.5 Å². The van der Waals surface area contributed by atoms with Gasteiger partial charge in [0.15, 0.2) is 9.84 Å². The Bertz CT molecular complexity index is 938. The van der Waals surface area contributed by atoms with E-state index in [2.05, 4.69) is 0 Å². The van der Waals surface area contributed by atoms with E-state index in [9.17, 15) is 17.9 Å². The largest absolute Gasteiger partial charge is 0.507 e. The first-order valence-corrected chi connectivity index (χ1v) is 11.8. The van der Waals surface area contributed by atoms with E-state index in [1.807, 2.05) is 25.0 Å². The van der Waals surface area contributed by atoms with Gasteiger partial charge in [-0.1, -0.05) is 13.8 Å². The third-order valence-corrected chi connectivity index (χ3v) is 8.27. The van der Waals surface area contributed by atoms with Gasteiger partial charge in [-0.3, -0.25) is 0 Å². The summed E-state index contributed by atoms with van der Waals surface area (Å²) in [5.74, 6) is -0.353. The highest BCUT2D eigenvalue weighted by Gasteiger charge is 2.41. The van der Waals surface area contributed by atoms with E-state index < -0.39 is 15.3 Å². The summed E-state index contributed by atoms with van der Waals surface area (Å²) in [6, 6.07) is 9.16. The maximum absolute atomic E-state index is 13.5. The van der Waals surface area contributed by atoms with E-state index in [0.717, 1.165) is 5.69 Å². The number of hydrogen-bond donors (Lipinski definition) is 1. The van der Waals surface area contributed by atoms with E-state index in [1.54, 1.807) is 18.2 Å². The third-order valence-electron chi connectivity index (χ3n) is 5.51. The minimum atomic E-state index is -3.59. The van der Waals surface area contributed by atoms with Gasteiger partial charge in [0.05, 0.1) is 21.2 Å². The van der Waals surface area contributed by atoms with E-state index >= 15 is 0 Å². The predicted molar refractivity (Wildman–Crippen MR) is 108 cm³/mol. The van der Waals surface area contributed by atoms with Crippen LogP contribution in [-0.2, 0) is 9.84 Å². The third kappa shape index (κ3) is 3.67. The van der Waals surface area contributed by atoms with Crippen LogP contribution in [0.2, 0.25) is 0 Å². The summed E-state index contributed by atoms with van der Waals surface area (Å²) in [5.41, 5.74) is 0.841. The second kappa shape index (κ2) is 7.36. The van der Waals surface area contributed by atoms with Crippen LogP contribution in [-0.4, -0.2) is 32.1 Å². The van der Waals surface area contributed by atoms with Crippen molar-refractivity contribution in [2.45, 2.75) is 36.5 Å². The zero-order chi connectivity index (χ0) is 19.8. The van der Waals surface area contributed by atoms with Crippen LogP contribution in [0, 0.1) is 11.2 Å². The monoisotopic (exact) mass is 409 g/mol. The van der Waals surface area contributed by atoms with Gasteiger partial charge in [-0.15, -0.1) is 11.8 Å². The molecule has 146 valence electrons. The highest BCUT2D eigenvalue weighted by Crippen LogP contribution is 2.46. The molecule has 0 radical (unpaired) electrons. The number of halogens is 1. The standard InChI is InChI=1S/C20H24FNO3S2/c1-4-20(5-2)12-22(15-8-6-14(21)7-9-15)16-10-18(26-3)17(23)11-19(16)27(24,25)13-20/h6-11,23H,4-5,12-13H2,1-3H3. The fourth-order valence-corrected chi connectivity index (χ4v) is 6.38. The van der Waals surface area contributed by atoms with Crippen LogP contribution in [0.4, 0.5) is 15.8 Å². The van der Waals surface area contributed by atoms with Gasteiger partial charge in [0.25, 0.3) is 0 Å². The second-order valence-electron chi connectivity index (χ2n) is 7.02. The molecule has 1 N–H and O–H groups in total. The fourth-order valence-electron chi connectivity index (χ4n) is 3.64. The van der Waals surface area contributed by atoms with Gasteiger partial charge < -0.3 is 10.0 Å². The molecule has 4 nitrogen and oxygen atoms in total. The van der Waals surface area contributed by atoms with Crippen LogP contribution in [0.15, 0.2) is 46.2 Å². The molecule has 0 fully saturated rings. The fraction of sp³-hybridized carbons (Fsp3) is 0.400. The highest BCUT2D eigenvalue weighted by molar-refractivity contribution is 7.98. The Balaban J connectivity index is 2.30. The lowest BCUT2D eigenvalue weighted by molar-refractivity contribution is 0.313. The number of sulfone groups is 1. The molecule has 3 rings (SSSR count). The average Bonchev–Trinajstić information content (AvgIpc) is 2.74. The predicted octanol–water partition coefficient (Wildman–Crippen LogP) is 4.99. The lowest BCUT2D eigenvalue weighted by Gasteiger charge is -2.35. The molecule has 0 unspecified atom stereocenters. The first kappa shape index (κ1) is 20.0. The van der Waals surface area contributed by atoms with Crippen LogP contribution in [0.1, 0.15) is 26.7 Å². The van der Waals surface area contributed by atoms with Gasteiger partial charge in [-0.05, 0) is 49.4 Å². The molecule has 2 aromatic rings. The molecule has 1 heterocycles. The number of nitrogens with zero attached hydrogens (tertiary/aromatic N) is 1. The zero-order valence-electron chi connectivity index (χ0n) is 15.7. The van der Waals surface area contributed by atoms with Crippen molar-refractivity contribution in [1.82, 2.24) is 0 Å². The highest BCUT2D eigenvalue weighted by atomic mass is 32.2. The quantitative estimate of drug-likeness (QED) is 0.722. The van der Waals surface area contributed by atoms with Crippen LogP contribution >= 0.6 is 11.8 Å². The van der Waals surface area contributed by atoms with Gasteiger partial charge in [0.1, 0.15) is 11.6 Å². The molecule has 1 aliphatic rings. The van der Waals surface area contributed by atoms with Crippen LogP contribution in [0.5, 0.6) is 5.75 Å². The SMILES string of the molecule is CCC1(CC)CN(c2ccc(F)cc2)c2cc(SC)c(O)cc2S(=O)(=O)C1. The number of rotatable bonds is 4. The first-order chi connectivity index (χ1) is 12.7. The van der Waals surface area contributed by atoms with Gasteiger partial charge in [0, 0.05) is 23.7 Å². The van der Waals surface area contributed by atoms with E-state index in [0.29, 0.717) is 30.0 Å². The maximum Gasteiger partial charge on any atom is 0.181 e. The summed E-state index contributed by atoms with van der Waals surface area (Å²) in [7, 11) is -3.59. The molecule has 0 aliphatic carbocycles. The lowest BCUT2D eigenvalue weighted by atomic mass is 9.83. The normalized spacial score (nSPS) is 18.0. The summed E-state index contributed by atoms with van der Waals surface area (Å²) in [4.78, 5) is 2.69. The van der Waals surface area contributed by atoms with E-state index in [-0.39, 0.29) is 22.2 Å². The summed E-state index contributed by atoms with van der Waals surface area (Å²) in [6.07, 6.45) is 3.24. The number of fused-ring (bicyclic) bond motifs is 1. The number of phenolic OH excluding ortho intramolecular Hbond substituents is 1. The summed E-state index contributed by atoms with van der Waals surface area (Å²) >= 11 is 1.35. The summed E-state index contributed by atoms with van der Waals surface area (Å²) < 4.78 is 39.9. The molecule has 0 saturated heterocycles. The molecule has 27 heavy (non-hydrogen) atoms. The van der Waals surface area contributed by atoms with Crippen molar-refractivity contribution in [1.29, 1.82) is 0 Å². The van der Waals surface area contributed by atoms with Gasteiger partial charge >= 0.3 is 0 Å². The number of benzene rings is 2. The minimum Gasteiger partial charge on any atom is -0.507 e. The second-order valence-corrected chi connectivity index (χ2v) is 9.83. The average molecular weight is 410 g/mol. The molecule has 0 atom stereocenters. The van der Waals surface area contributed by atoms with Crippen molar-refractivity contribution in [2.24, 2.45) is 5.41 Å². The molecular weight excluding hydrogens is 385 g/mol. The summed E-state index contributed by atoms with van der Waals surface area (Å²) in [6.45, 7) is 4.52. The van der Waals surface area contributed by atoms with E-state index in [4.69, 9.17) is 0 Å². The topological polar surface area (TPSA) is 57.6 Å². The Morgan fingerprint density at radius 2 is 1.81 bits per heavy atom. The molecule has 0 bridgehead atoms. The molecule has 0 saturated carbocycles. The summed E-state index contributed by atoms with van der Waals surface area (Å²) in [5, 5.41) is 10.3. The Kier molecular flexibility index (Phi) is 5.45. The van der Waals surface area contributed by atoms with Crippen molar-refractivity contribution >= 4 is 33.0 Å². The van der Waals surface area contributed by atoms with Crippen LogP contribution in [0.3, 0.4) is 0 Å². The zero-order valence-corrected chi connectivity index (χ0v) is 17.3. The number of aromatic hydroxyl groups is 1. The van der Waals surface area contributed by atoms with Crippen molar-refractivity contribution in [3.8, 4) is 5.75 Å². The Morgan fingerprint density at radius 3 is 2.37 bits per heavy atom.